The van der Waals surface area contributed by atoms with Crippen LogP contribution in [-0.4, -0.2) is 26.4 Å². The largest absolute Gasteiger partial charge is 0.490 e. The predicted octanol–water partition coefficient (Wildman–Crippen LogP) is 5.56. The molecule has 2 heterocycles. The van der Waals surface area contributed by atoms with Crippen LogP contribution < -0.4 is 15.7 Å². The zero-order valence-corrected chi connectivity index (χ0v) is 21.2. The second-order valence-corrected chi connectivity index (χ2v) is 10.2. The van der Waals surface area contributed by atoms with E-state index in [1.165, 1.54) is 24.6 Å². The maximum Gasteiger partial charge on any atom is 0.350 e. The molecule has 5 rings (SSSR count). The standard InChI is InChI=1S/C28H32F2N4O3/c1-17-11-12-20(29)14-23(17)31-27(35)21-15-22(30)24(34-28(36)33-13-7-6-10-26(33)32-34)16-25(21)37-18(2)19-8-4-3-5-9-19/h11-12,14-16,18-19H,3-10,13H2,1-2H3,(H,31,35). The van der Waals surface area contributed by atoms with Gasteiger partial charge < -0.3 is 10.1 Å². The molecule has 1 N–H and O–H groups in total. The molecule has 1 atom stereocenters. The molecule has 1 aromatic heterocycles. The Labute approximate surface area is 214 Å². The van der Waals surface area contributed by atoms with Crippen LogP contribution in [0.5, 0.6) is 5.75 Å². The van der Waals surface area contributed by atoms with E-state index in [2.05, 4.69) is 10.4 Å². The lowest BCUT2D eigenvalue weighted by atomic mass is 9.86. The number of hydrogen-bond acceptors (Lipinski definition) is 4. The molecule has 196 valence electrons. The Balaban J connectivity index is 1.54. The third-order valence-electron chi connectivity index (χ3n) is 7.57. The highest BCUT2D eigenvalue weighted by Crippen LogP contribution is 2.32. The molecule has 1 aliphatic heterocycles. The normalized spacial score (nSPS) is 16.8. The van der Waals surface area contributed by atoms with Gasteiger partial charge in [-0.3, -0.25) is 9.36 Å². The molecule has 1 fully saturated rings. The van der Waals surface area contributed by atoms with Crippen LogP contribution in [0.4, 0.5) is 14.5 Å². The third-order valence-corrected chi connectivity index (χ3v) is 7.57. The van der Waals surface area contributed by atoms with Crippen molar-refractivity contribution in [2.24, 2.45) is 5.92 Å². The summed E-state index contributed by atoms with van der Waals surface area (Å²) in [6.07, 6.45) is 7.70. The first-order valence-corrected chi connectivity index (χ1v) is 13.1. The Morgan fingerprint density at radius 3 is 2.65 bits per heavy atom. The zero-order valence-electron chi connectivity index (χ0n) is 21.2. The number of carbonyl (C=O) groups excluding carboxylic acids is 1. The molecule has 0 saturated heterocycles. The molecule has 1 aliphatic carbocycles. The lowest BCUT2D eigenvalue weighted by Crippen LogP contribution is -2.28. The fraction of sp³-hybridized carbons (Fsp3) is 0.464. The monoisotopic (exact) mass is 510 g/mol. The summed E-state index contributed by atoms with van der Waals surface area (Å²) in [6, 6.07) is 6.56. The van der Waals surface area contributed by atoms with Crippen LogP contribution >= 0.6 is 0 Å². The second-order valence-electron chi connectivity index (χ2n) is 10.2. The van der Waals surface area contributed by atoms with Crippen molar-refractivity contribution in [1.29, 1.82) is 0 Å². The average molecular weight is 511 g/mol. The van der Waals surface area contributed by atoms with E-state index in [1.54, 1.807) is 17.6 Å². The van der Waals surface area contributed by atoms with Crippen LogP contribution in [0.15, 0.2) is 35.1 Å². The molecular weight excluding hydrogens is 478 g/mol. The molecular formula is C28H32F2N4O3. The summed E-state index contributed by atoms with van der Waals surface area (Å²) >= 11 is 0. The van der Waals surface area contributed by atoms with Gasteiger partial charge in [0, 0.05) is 24.7 Å². The summed E-state index contributed by atoms with van der Waals surface area (Å²) in [6.45, 7) is 4.25. The molecule has 2 aromatic carbocycles. The predicted molar refractivity (Wildman–Crippen MR) is 136 cm³/mol. The number of nitrogens with zero attached hydrogens (tertiary/aromatic N) is 3. The Morgan fingerprint density at radius 1 is 1.11 bits per heavy atom. The van der Waals surface area contributed by atoms with Crippen molar-refractivity contribution < 1.29 is 18.3 Å². The molecule has 1 saturated carbocycles. The third kappa shape index (κ3) is 5.17. The molecule has 1 amide bonds. The van der Waals surface area contributed by atoms with Crippen molar-refractivity contribution in [3.63, 3.8) is 0 Å². The van der Waals surface area contributed by atoms with E-state index < -0.39 is 23.2 Å². The summed E-state index contributed by atoms with van der Waals surface area (Å²) < 4.78 is 38.2. The van der Waals surface area contributed by atoms with E-state index in [9.17, 15) is 14.0 Å². The number of amides is 1. The van der Waals surface area contributed by atoms with Gasteiger partial charge in [0.05, 0.1) is 11.7 Å². The van der Waals surface area contributed by atoms with Gasteiger partial charge in [-0.15, -0.1) is 5.10 Å². The summed E-state index contributed by atoms with van der Waals surface area (Å²) in [5.41, 5.74) is 0.465. The Hall–Kier alpha value is -3.49. The number of halogens is 2. The van der Waals surface area contributed by atoms with Gasteiger partial charge in [-0.25, -0.2) is 13.6 Å². The first-order chi connectivity index (χ1) is 17.8. The number of fused-ring (bicyclic) bond motifs is 1. The van der Waals surface area contributed by atoms with Gasteiger partial charge >= 0.3 is 5.69 Å². The quantitative estimate of drug-likeness (QED) is 0.471. The lowest BCUT2D eigenvalue weighted by Gasteiger charge is -2.29. The fourth-order valence-corrected chi connectivity index (χ4v) is 5.36. The number of nitrogens with one attached hydrogen (secondary N) is 1. The van der Waals surface area contributed by atoms with Crippen LogP contribution in [0.2, 0.25) is 0 Å². The SMILES string of the molecule is Cc1ccc(F)cc1NC(=O)c1cc(F)c(-n2nc3n(c2=O)CCCC3)cc1OC(C)C1CCCCC1. The van der Waals surface area contributed by atoms with E-state index in [0.717, 1.165) is 49.3 Å². The number of ether oxygens (including phenoxy) is 1. The Kier molecular flexibility index (Phi) is 7.13. The maximum atomic E-state index is 15.5. The maximum absolute atomic E-state index is 15.5. The number of anilines is 1. The molecule has 3 aromatic rings. The zero-order chi connectivity index (χ0) is 26.1. The first kappa shape index (κ1) is 25.2. The van der Waals surface area contributed by atoms with E-state index >= 15 is 4.39 Å². The number of aromatic nitrogens is 3. The fourth-order valence-electron chi connectivity index (χ4n) is 5.36. The van der Waals surface area contributed by atoms with Crippen LogP contribution in [0, 0.1) is 24.5 Å². The van der Waals surface area contributed by atoms with Crippen LogP contribution in [0.3, 0.4) is 0 Å². The number of aryl methyl sites for hydroxylation is 2. The molecule has 0 radical (unpaired) electrons. The number of rotatable bonds is 6. The van der Waals surface area contributed by atoms with E-state index in [1.807, 2.05) is 6.92 Å². The van der Waals surface area contributed by atoms with Crippen LogP contribution in [0.1, 0.15) is 73.6 Å². The molecule has 37 heavy (non-hydrogen) atoms. The average Bonchev–Trinajstić information content (AvgIpc) is 3.23. The van der Waals surface area contributed by atoms with E-state index in [0.29, 0.717) is 36.0 Å². The van der Waals surface area contributed by atoms with Gasteiger partial charge in [-0.1, -0.05) is 25.3 Å². The van der Waals surface area contributed by atoms with Crippen LogP contribution in [0.25, 0.3) is 5.69 Å². The minimum absolute atomic E-state index is 0.0235. The van der Waals surface area contributed by atoms with Gasteiger partial charge in [0.2, 0.25) is 0 Å². The molecule has 1 unspecified atom stereocenters. The van der Waals surface area contributed by atoms with Crippen molar-refractivity contribution in [2.75, 3.05) is 5.32 Å². The summed E-state index contributed by atoms with van der Waals surface area (Å²) in [5.74, 6) is -0.784. The van der Waals surface area contributed by atoms with E-state index in [4.69, 9.17) is 4.74 Å². The Morgan fingerprint density at radius 2 is 1.89 bits per heavy atom. The number of benzene rings is 2. The van der Waals surface area contributed by atoms with Crippen molar-refractivity contribution >= 4 is 11.6 Å². The van der Waals surface area contributed by atoms with Gasteiger partial charge in [0.15, 0.2) is 0 Å². The lowest BCUT2D eigenvalue weighted by molar-refractivity contribution is 0.0997. The van der Waals surface area contributed by atoms with Crippen molar-refractivity contribution in [2.45, 2.75) is 77.9 Å². The molecule has 2 aliphatic rings. The molecule has 0 bridgehead atoms. The molecule has 7 nitrogen and oxygen atoms in total. The van der Waals surface area contributed by atoms with Gasteiger partial charge in [0.1, 0.15) is 28.9 Å². The number of hydrogen-bond donors (Lipinski definition) is 1. The van der Waals surface area contributed by atoms with Gasteiger partial charge in [-0.2, -0.15) is 4.68 Å². The van der Waals surface area contributed by atoms with Crippen molar-refractivity contribution in [3.05, 3.63) is 69.4 Å². The topological polar surface area (TPSA) is 78.2 Å². The first-order valence-electron chi connectivity index (χ1n) is 13.1. The van der Waals surface area contributed by atoms with Crippen molar-refractivity contribution in [3.8, 4) is 11.4 Å². The molecule has 0 spiro atoms. The summed E-state index contributed by atoms with van der Waals surface area (Å²) in [7, 11) is 0. The Bertz CT molecular complexity index is 1370. The minimum atomic E-state index is -0.767. The number of carbonyl (C=O) groups is 1. The van der Waals surface area contributed by atoms with Gasteiger partial charge in [0.25, 0.3) is 5.91 Å². The van der Waals surface area contributed by atoms with Crippen molar-refractivity contribution in [1.82, 2.24) is 14.3 Å². The summed E-state index contributed by atoms with van der Waals surface area (Å²) in [5, 5.41) is 7.07. The molecule has 9 heteroatoms. The second kappa shape index (κ2) is 10.5. The summed E-state index contributed by atoms with van der Waals surface area (Å²) in [4.78, 5) is 26.3. The highest BCUT2D eigenvalue weighted by molar-refractivity contribution is 6.06. The minimum Gasteiger partial charge on any atom is -0.490 e. The highest BCUT2D eigenvalue weighted by Gasteiger charge is 2.27. The smallest absolute Gasteiger partial charge is 0.350 e. The van der Waals surface area contributed by atoms with E-state index in [-0.39, 0.29) is 23.1 Å². The van der Waals surface area contributed by atoms with Gasteiger partial charge in [-0.05, 0) is 69.2 Å². The van der Waals surface area contributed by atoms with Crippen LogP contribution in [-0.2, 0) is 13.0 Å². The highest BCUT2D eigenvalue weighted by atomic mass is 19.1.